The number of fused-ring (bicyclic) bond motifs is 1. The number of rotatable bonds is 13. The smallest absolute Gasteiger partial charge is 0.405 e. The second kappa shape index (κ2) is 15.9. The summed E-state index contributed by atoms with van der Waals surface area (Å²) in [5.41, 5.74) is 5.71. The molecule has 4 aromatic rings. The first-order chi connectivity index (χ1) is 24.1. The summed E-state index contributed by atoms with van der Waals surface area (Å²) in [5.74, 6) is -0.138. The number of methoxy groups -OCH3 is 1. The van der Waals surface area contributed by atoms with Gasteiger partial charge in [0, 0.05) is 60.7 Å². The topological polar surface area (TPSA) is 143 Å². The molecule has 276 valence electrons. The number of amidine groups is 1. The number of aromatic amines is 1. The summed E-state index contributed by atoms with van der Waals surface area (Å²) in [5, 5.41) is 14.2. The molecule has 0 amide bonds. The third kappa shape index (κ3) is 10.1. The van der Waals surface area contributed by atoms with Crippen molar-refractivity contribution in [2.45, 2.75) is 82.5 Å². The lowest BCUT2D eigenvalue weighted by molar-refractivity contribution is -0.275. The lowest BCUT2D eigenvalue weighted by atomic mass is 9.91. The van der Waals surface area contributed by atoms with Crippen LogP contribution < -0.4 is 26.8 Å². The number of hydrogen-bond donors (Lipinski definition) is 5. The Bertz CT molecular complexity index is 1890. The van der Waals surface area contributed by atoms with Crippen LogP contribution in [0, 0.1) is 5.41 Å². The lowest BCUT2D eigenvalue weighted by Crippen LogP contribution is -2.39. The number of ether oxygens (including phenoxy) is 2. The molecule has 51 heavy (non-hydrogen) atoms. The third-order valence-electron chi connectivity index (χ3n) is 8.80. The molecule has 0 spiro atoms. The van der Waals surface area contributed by atoms with Crippen LogP contribution in [-0.2, 0) is 17.3 Å². The molecule has 1 fully saturated rings. The second-order valence-corrected chi connectivity index (χ2v) is 12.9. The number of aromatic nitrogens is 3. The molecule has 6 N–H and O–H groups in total. The van der Waals surface area contributed by atoms with Crippen molar-refractivity contribution < 1.29 is 35.8 Å². The molecule has 16 heteroatoms. The third-order valence-corrected chi connectivity index (χ3v) is 8.80. The van der Waals surface area contributed by atoms with Crippen LogP contribution in [0.3, 0.4) is 0 Å². The predicted octanol–water partition coefficient (Wildman–Crippen LogP) is 6.75. The highest BCUT2D eigenvalue weighted by atomic mass is 19.4. The molecule has 0 bridgehead atoms. The van der Waals surface area contributed by atoms with E-state index in [4.69, 9.17) is 15.9 Å². The molecule has 2 aromatic heterocycles. The number of nitrogens with one attached hydrogen (secondary N) is 4. The van der Waals surface area contributed by atoms with Gasteiger partial charge in [-0.25, -0.2) is 4.79 Å². The predicted molar refractivity (Wildman–Crippen MR) is 181 cm³/mol. The fourth-order valence-electron chi connectivity index (χ4n) is 6.46. The van der Waals surface area contributed by atoms with Crippen molar-refractivity contribution in [2.75, 3.05) is 20.3 Å². The van der Waals surface area contributed by atoms with E-state index in [1.807, 2.05) is 0 Å². The Morgan fingerprint density at radius 3 is 2.63 bits per heavy atom. The first-order valence-corrected chi connectivity index (χ1v) is 16.6. The SMILES string of the molecule is COC[C@H](N)CCCc1cc(-c2cc3cn(-c4ccc([C@@H]5CCC[C@@H](CCNC(C)=N)N5)c(OC(F)(F)F)c4)c(=O)nc3[nH]2)cc(C(F)(F)F)c1. The van der Waals surface area contributed by atoms with Gasteiger partial charge in [-0.15, -0.1) is 13.2 Å². The Labute approximate surface area is 290 Å². The van der Waals surface area contributed by atoms with Gasteiger partial charge in [-0.1, -0.05) is 12.5 Å². The molecule has 1 aliphatic heterocycles. The summed E-state index contributed by atoms with van der Waals surface area (Å²) in [7, 11) is 1.52. The monoisotopic (exact) mass is 721 g/mol. The average molecular weight is 722 g/mol. The van der Waals surface area contributed by atoms with Crippen LogP contribution in [0.5, 0.6) is 5.75 Å². The maximum Gasteiger partial charge on any atom is 0.573 e. The van der Waals surface area contributed by atoms with Crippen molar-refractivity contribution in [1.29, 1.82) is 5.41 Å². The van der Waals surface area contributed by atoms with E-state index in [2.05, 4.69) is 25.3 Å². The van der Waals surface area contributed by atoms with Crippen molar-refractivity contribution >= 4 is 16.9 Å². The standard InChI is InChI=1S/C35H41F6N7O3/c1-20(42)44-12-11-26-7-4-8-29(45-26)28-10-9-27(17-31(28)51-35(39,40)41)48-18-23-16-30(46-32(23)47-33(48)49)22-13-21(5-3-6-25(43)19-50-2)14-24(15-22)34(36,37)38/h9-10,13-18,25-26,29,45H,3-8,11-12,19,43H2,1-2H3,(H2,42,44)(H,46,47,49)/t25-,26+,29+/m1/s1. The molecule has 3 atom stereocenters. The van der Waals surface area contributed by atoms with E-state index in [1.165, 1.54) is 31.5 Å². The Balaban J connectivity index is 1.45. The Morgan fingerprint density at radius 1 is 1.14 bits per heavy atom. The highest BCUT2D eigenvalue weighted by molar-refractivity contribution is 5.83. The van der Waals surface area contributed by atoms with Crippen LogP contribution in [0.25, 0.3) is 28.0 Å². The molecular weight excluding hydrogens is 680 g/mol. The maximum absolute atomic E-state index is 13.9. The molecule has 3 heterocycles. The molecule has 0 radical (unpaired) electrons. The van der Waals surface area contributed by atoms with Crippen LogP contribution in [0.2, 0.25) is 0 Å². The number of aryl methyl sites for hydroxylation is 1. The van der Waals surface area contributed by atoms with E-state index in [9.17, 15) is 31.1 Å². The van der Waals surface area contributed by atoms with Gasteiger partial charge in [0.05, 0.1) is 23.7 Å². The van der Waals surface area contributed by atoms with Crippen molar-refractivity contribution in [3.05, 3.63) is 75.8 Å². The fourth-order valence-corrected chi connectivity index (χ4v) is 6.46. The maximum atomic E-state index is 13.9. The van der Waals surface area contributed by atoms with Crippen molar-refractivity contribution in [2.24, 2.45) is 5.73 Å². The van der Waals surface area contributed by atoms with E-state index >= 15 is 0 Å². The number of nitrogens with zero attached hydrogens (tertiary/aromatic N) is 2. The van der Waals surface area contributed by atoms with Gasteiger partial charge in [-0.05, 0) is 86.9 Å². The van der Waals surface area contributed by atoms with Crippen LogP contribution in [0.15, 0.2) is 53.5 Å². The van der Waals surface area contributed by atoms with Gasteiger partial charge >= 0.3 is 18.2 Å². The summed E-state index contributed by atoms with van der Waals surface area (Å²) in [4.78, 5) is 20.2. The first kappa shape index (κ1) is 37.8. The minimum absolute atomic E-state index is 0.0122. The molecular formula is C35H41F6N7O3. The highest BCUT2D eigenvalue weighted by Crippen LogP contribution is 2.37. The van der Waals surface area contributed by atoms with Gasteiger partial charge < -0.3 is 30.8 Å². The van der Waals surface area contributed by atoms with Crippen molar-refractivity contribution in [3.8, 4) is 22.7 Å². The van der Waals surface area contributed by atoms with Gasteiger partial charge in [-0.2, -0.15) is 18.2 Å². The van der Waals surface area contributed by atoms with E-state index in [-0.39, 0.29) is 40.2 Å². The number of halogens is 6. The second-order valence-electron chi connectivity index (χ2n) is 12.9. The summed E-state index contributed by atoms with van der Waals surface area (Å²) in [6, 6.07) is 8.72. The van der Waals surface area contributed by atoms with Gasteiger partial charge in [0.25, 0.3) is 0 Å². The Hall–Kier alpha value is -4.41. The van der Waals surface area contributed by atoms with E-state index < -0.39 is 35.6 Å². The number of benzene rings is 2. The van der Waals surface area contributed by atoms with Gasteiger partial charge in [-0.3, -0.25) is 9.98 Å². The lowest BCUT2D eigenvalue weighted by Gasteiger charge is -2.32. The normalized spacial score (nSPS) is 17.4. The molecule has 0 aliphatic carbocycles. The zero-order chi connectivity index (χ0) is 36.9. The minimum atomic E-state index is -5.00. The van der Waals surface area contributed by atoms with Gasteiger partial charge in [0.2, 0.25) is 0 Å². The first-order valence-electron chi connectivity index (χ1n) is 16.6. The summed E-state index contributed by atoms with van der Waals surface area (Å²) < 4.78 is 93.1. The average Bonchev–Trinajstić information content (AvgIpc) is 3.46. The fraction of sp³-hybridized carbons (Fsp3) is 0.457. The number of hydrogen-bond acceptors (Lipinski definition) is 7. The summed E-state index contributed by atoms with van der Waals surface area (Å²) in [6.45, 7) is 2.51. The molecule has 1 aliphatic rings. The summed E-state index contributed by atoms with van der Waals surface area (Å²) >= 11 is 0. The van der Waals surface area contributed by atoms with E-state index in [0.717, 1.165) is 35.6 Å². The molecule has 10 nitrogen and oxygen atoms in total. The zero-order valence-corrected chi connectivity index (χ0v) is 28.2. The van der Waals surface area contributed by atoms with Crippen molar-refractivity contribution in [1.82, 2.24) is 25.2 Å². The van der Waals surface area contributed by atoms with Crippen molar-refractivity contribution in [3.63, 3.8) is 0 Å². The van der Waals surface area contributed by atoms with Gasteiger partial charge in [0.1, 0.15) is 11.4 Å². The van der Waals surface area contributed by atoms with E-state index in [0.29, 0.717) is 62.0 Å². The quantitative estimate of drug-likeness (QED) is 0.0584. The molecule has 0 unspecified atom stereocenters. The number of nitrogens with two attached hydrogens (primary N) is 1. The largest absolute Gasteiger partial charge is 0.573 e. The minimum Gasteiger partial charge on any atom is -0.405 e. The highest BCUT2D eigenvalue weighted by Gasteiger charge is 2.35. The zero-order valence-electron chi connectivity index (χ0n) is 28.2. The van der Waals surface area contributed by atoms with Crippen LogP contribution in [0.4, 0.5) is 26.3 Å². The molecule has 5 rings (SSSR count). The van der Waals surface area contributed by atoms with Gasteiger partial charge in [0.15, 0.2) is 0 Å². The number of piperidine rings is 1. The van der Waals surface area contributed by atoms with Crippen LogP contribution >= 0.6 is 0 Å². The Kier molecular flexibility index (Phi) is 11.8. The molecule has 1 saturated heterocycles. The number of alkyl halides is 6. The van der Waals surface area contributed by atoms with Crippen LogP contribution in [-0.4, -0.2) is 59.1 Å². The Morgan fingerprint density at radius 2 is 1.92 bits per heavy atom. The molecule has 2 aromatic carbocycles. The number of H-pyrrole nitrogens is 1. The van der Waals surface area contributed by atoms with Crippen LogP contribution in [0.1, 0.15) is 68.2 Å². The molecule has 0 saturated carbocycles. The van der Waals surface area contributed by atoms with E-state index in [1.54, 1.807) is 13.0 Å². The summed E-state index contributed by atoms with van der Waals surface area (Å²) in [6.07, 6.45) is -3.97.